The number of carbonyl (C=O) groups excluding carboxylic acids is 2. The number of nitrogens with one attached hydrogen (secondary N) is 3. The maximum Gasteiger partial charge on any atom is 0.255 e. The average Bonchev–Trinajstić information content (AvgIpc) is 2.47. The number of hydrogen-bond donors (Lipinski definition) is 3. The Bertz CT molecular complexity index is 861. The molecule has 0 fully saturated rings. The minimum absolute atomic E-state index is 0.179. The summed E-state index contributed by atoms with van der Waals surface area (Å²) in [5, 5.41) is 5.33. The van der Waals surface area contributed by atoms with E-state index in [4.69, 9.17) is 0 Å². The van der Waals surface area contributed by atoms with E-state index >= 15 is 0 Å². The van der Waals surface area contributed by atoms with E-state index in [1.165, 1.54) is 13.0 Å². The first-order valence-electron chi connectivity index (χ1n) is 7.00. The maximum atomic E-state index is 12.2. The average molecular weight is 347 g/mol. The topological polar surface area (TPSA) is 104 Å². The minimum Gasteiger partial charge on any atom is -0.326 e. The summed E-state index contributed by atoms with van der Waals surface area (Å²) in [6.07, 6.45) is 1.04. The summed E-state index contributed by atoms with van der Waals surface area (Å²) in [5.74, 6) is -0.554. The third-order valence-electron chi connectivity index (χ3n) is 2.89. The Labute approximate surface area is 140 Å². The smallest absolute Gasteiger partial charge is 0.255 e. The fraction of sp³-hybridized carbons (Fsp3) is 0.125. The molecule has 0 aliphatic rings. The molecule has 2 amide bonds. The zero-order valence-corrected chi connectivity index (χ0v) is 14.0. The number of amides is 2. The quantitative estimate of drug-likeness (QED) is 0.771. The van der Waals surface area contributed by atoms with Crippen molar-refractivity contribution in [3.63, 3.8) is 0 Å². The number of benzene rings is 2. The van der Waals surface area contributed by atoms with Crippen LogP contribution in [0.4, 0.5) is 17.1 Å². The van der Waals surface area contributed by atoms with Crippen LogP contribution in [0.2, 0.25) is 0 Å². The van der Waals surface area contributed by atoms with Gasteiger partial charge in [0.15, 0.2) is 0 Å². The van der Waals surface area contributed by atoms with Crippen LogP contribution in [0.5, 0.6) is 0 Å². The molecule has 0 aromatic heterocycles. The molecule has 2 aromatic carbocycles. The number of hydrogen-bond acceptors (Lipinski definition) is 4. The van der Waals surface area contributed by atoms with Gasteiger partial charge in [-0.1, -0.05) is 6.07 Å². The van der Waals surface area contributed by atoms with Gasteiger partial charge in [0.25, 0.3) is 5.91 Å². The Morgan fingerprint density at radius 2 is 1.46 bits per heavy atom. The van der Waals surface area contributed by atoms with Crippen molar-refractivity contribution in [3.8, 4) is 0 Å². The van der Waals surface area contributed by atoms with E-state index in [-0.39, 0.29) is 11.8 Å². The standard InChI is InChI=1S/C16H17N3O4S/c1-11(20)17-13-6-8-14(9-7-13)18-16(21)12-4-3-5-15(10-12)19-24(2,22)23/h3-10,19H,1-2H3,(H,17,20)(H,18,21). The molecule has 0 unspecified atom stereocenters. The second kappa shape index (κ2) is 7.14. The van der Waals surface area contributed by atoms with Crippen molar-refractivity contribution in [3.05, 3.63) is 54.1 Å². The van der Waals surface area contributed by atoms with Gasteiger partial charge in [-0.15, -0.1) is 0 Å². The van der Waals surface area contributed by atoms with Gasteiger partial charge in [0.1, 0.15) is 0 Å². The zero-order chi connectivity index (χ0) is 17.7. The largest absolute Gasteiger partial charge is 0.326 e. The van der Waals surface area contributed by atoms with E-state index in [0.717, 1.165) is 6.26 Å². The van der Waals surface area contributed by atoms with E-state index in [2.05, 4.69) is 15.4 Å². The highest BCUT2D eigenvalue weighted by Crippen LogP contribution is 2.16. The summed E-state index contributed by atoms with van der Waals surface area (Å²) in [5.41, 5.74) is 1.80. The molecular weight excluding hydrogens is 330 g/mol. The van der Waals surface area contributed by atoms with Crippen molar-refractivity contribution in [1.29, 1.82) is 0 Å². The first-order chi connectivity index (χ1) is 11.2. The number of carbonyl (C=O) groups is 2. The molecule has 2 rings (SSSR count). The Kier molecular flexibility index (Phi) is 5.20. The summed E-state index contributed by atoms with van der Waals surface area (Å²) >= 11 is 0. The highest BCUT2D eigenvalue weighted by Gasteiger charge is 2.09. The molecule has 0 aliphatic heterocycles. The van der Waals surface area contributed by atoms with Crippen LogP contribution in [0.15, 0.2) is 48.5 Å². The SMILES string of the molecule is CC(=O)Nc1ccc(NC(=O)c2cccc(NS(C)(=O)=O)c2)cc1. The van der Waals surface area contributed by atoms with Crippen LogP contribution in [-0.2, 0) is 14.8 Å². The summed E-state index contributed by atoms with van der Waals surface area (Å²) < 4.78 is 24.8. The van der Waals surface area contributed by atoms with Crippen molar-refractivity contribution < 1.29 is 18.0 Å². The molecule has 2 aromatic rings. The van der Waals surface area contributed by atoms with Crippen molar-refractivity contribution in [2.45, 2.75) is 6.92 Å². The van der Waals surface area contributed by atoms with Gasteiger partial charge in [-0.25, -0.2) is 8.42 Å². The Hall–Kier alpha value is -2.87. The van der Waals surface area contributed by atoms with Gasteiger partial charge >= 0.3 is 0 Å². The summed E-state index contributed by atoms with van der Waals surface area (Å²) in [6.45, 7) is 1.41. The lowest BCUT2D eigenvalue weighted by Gasteiger charge is -2.09. The van der Waals surface area contributed by atoms with Gasteiger partial charge in [-0.3, -0.25) is 14.3 Å². The fourth-order valence-corrected chi connectivity index (χ4v) is 2.54. The van der Waals surface area contributed by atoms with Crippen LogP contribution in [0.3, 0.4) is 0 Å². The predicted octanol–water partition coefficient (Wildman–Crippen LogP) is 2.27. The van der Waals surface area contributed by atoms with E-state index in [1.54, 1.807) is 42.5 Å². The lowest BCUT2D eigenvalue weighted by atomic mass is 10.2. The van der Waals surface area contributed by atoms with Gasteiger partial charge < -0.3 is 10.6 Å². The van der Waals surface area contributed by atoms with Crippen LogP contribution >= 0.6 is 0 Å². The molecule has 0 atom stereocenters. The number of rotatable bonds is 5. The summed E-state index contributed by atoms with van der Waals surface area (Å²) in [6, 6.07) is 12.8. The fourth-order valence-electron chi connectivity index (χ4n) is 1.98. The molecule has 0 aliphatic carbocycles. The molecule has 0 radical (unpaired) electrons. The first-order valence-corrected chi connectivity index (χ1v) is 8.89. The molecule has 0 bridgehead atoms. The monoisotopic (exact) mass is 347 g/mol. The lowest BCUT2D eigenvalue weighted by Crippen LogP contribution is -2.14. The Morgan fingerprint density at radius 1 is 0.875 bits per heavy atom. The van der Waals surface area contributed by atoms with Gasteiger partial charge in [0.2, 0.25) is 15.9 Å². The summed E-state index contributed by atoms with van der Waals surface area (Å²) in [4.78, 5) is 23.2. The maximum absolute atomic E-state index is 12.2. The summed E-state index contributed by atoms with van der Waals surface area (Å²) in [7, 11) is -3.41. The second-order valence-corrected chi connectivity index (χ2v) is 6.92. The van der Waals surface area contributed by atoms with Crippen LogP contribution in [0, 0.1) is 0 Å². The minimum atomic E-state index is -3.41. The highest BCUT2D eigenvalue weighted by molar-refractivity contribution is 7.92. The molecule has 24 heavy (non-hydrogen) atoms. The Morgan fingerprint density at radius 3 is 2.00 bits per heavy atom. The molecule has 3 N–H and O–H groups in total. The van der Waals surface area contributed by atoms with E-state index in [1.807, 2.05) is 0 Å². The molecule has 126 valence electrons. The molecule has 8 heteroatoms. The van der Waals surface area contributed by atoms with Crippen LogP contribution in [0.1, 0.15) is 17.3 Å². The second-order valence-electron chi connectivity index (χ2n) is 5.17. The van der Waals surface area contributed by atoms with Crippen LogP contribution in [0.25, 0.3) is 0 Å². The number of anilines is 3. The van der Waals surface area contributed by atoms with E-state index in [0.29, 0.717) is 22.6 Å². The zero-order valence-electron chi connectivity index (χ0n) is 13.2. The molecule has 0 saturated heterocycles. The van der Waals surface area contributed by atoms with Gasteiger partial charge in [0, 0.05) is 29.5 Å². The van der Waals surface area contributed by atoms with E-state index in [9.17, 15) is 18.0 Å². The molecule has 0 saturated carbocycles. The number of sulfonamides is 1. The molecule has 7 nitrogen and oxygen atoms in total. The van der Waals surface area contributed by atoms with Gasteiger partial charge in [-0.05, 0) is 42.5 Å². The first kappa shape index (κ1) is 17.5. The van der Waals surface area contributed by atoms with Crippen LogP contribution in [-0.4, -0.2) is 26.5 Å². The predicted molar refractivity (Wildman–Crippen MR) is 93.6 cm³/mol. The van der Waals surface area contributed by atoms with Crippen LogP contribution < -0.4 is 15.4 Å². The molecular formula is C16H17N3O4S. The van der Waals surface area contributed by atoms with Gasteiger partial charge in [-0.2, -0.15) is 0 Å². The van der Waals surface area contributed by atoms with Crippen molar-refractivity contribution in [2.24, 2.45) is 0 Å². The highest BCUT2D eigenvalue weighted by atomic mass is 32.2. The van der Waals surface area contributed by atoms with Crippen molar-refractivity contribution >= 4 is 38.9 Å². The lowest BCUT2D eigenvalue weighted by molar-refractivity contribution is -0.114. The van der Waals surface area contributed by atoms with Crippen molar-refractivity contribution in [2.75, 3.05) is 21.6 Å². The molecule has 0 heterocycles. The normalized spacial score (nSPS) is 10.8. The Balaban J connectivity index is 2.09. The third kappa shape index (κ3) is 5.40. The third-order valence-corrected chi connectivity index (χ3v) is 3.50. The van der Waals surface area contributed by atoms with Gasteiger partial charge in [0.05, 0.1) is 6.26 Å². The molecule has 0 spiro atoms. The van der Waals surface area contributed by atoms with Crippen molar-refractivity contribution in [1.82, 2.24) is 0 Å². The van der Waals surface area contributed by atoms with E-state index < -0.39 is 10.0 Å².